The van der Waals surface area contributed by atoms with E-state index in [2.05, 4.69) is 18.2 Å². The average Bonchev–Trinajstić information content (AvgIpc) is 2.63. The third-order valence-electron chi connectivity index (χ3n) is 4.32. The number of esters is 1. The zero-order valence-corrected chi connectivity index (χ0v) is 13.4. The summed E-state index contributed by atoms with van der Waals surface area (Å²) in [5.41, 5.74) is 3.05. The van der Waals surface area contributed by atoms with Crippen molar-refractivity contribution >= 4 is 5.97 Å². The van der Waals surface area contributed by atoms with E-state index in [-0.39, 0.29) is 12.1 Å². The molecule has 1 heterocycles. The molecule has 0 aromatic heterocycles. The van der Waals surface area contributed by atoms with Crippen molar-refractivity contribution in [3.05, 3.63) is 71.3 Å². The van der Waals surface area contributed by atoms with Gasteiger partial charge in [0.05, 0.1) is 18.3 Å². The second-order valence-electron chi connectivity index (χ2n) is 5.84. The minimum absolute atomic E-state index is 0.126. The lowest BCUT2D eigenvalue weighted by atomic mass is 9.86. The minimum atomic E-state index is -0.249. The second-order valence-corrected chi connectivity index (χ2v) is 5.84. The van der Waals surface area contributed by atoms with Crippen LogP contribution in [0, 0.1) is 0 Å². The van der Waals surface area contributed by atoms with Gasteiger partial charge in [0.2, 0.25) is 0 Å². The van der Waals surface area contributed by atoms with Gasteiger partial charge in [-0.05, 0) is 48.9 Å². The Labute approximate surface area is 137 Å². The van der Waals surface area contributed by atoms with Gasteiger partial charge in [-0.3, -0.25) is 0 Å². The van der Waals surface area contributed by atoms with Crippen molar-refractivity contribution in [3.8, 4) is 0 Å². The molecule has 120 valence electrons. The Morgan fingerprint density at radius 3 is 2.70 bits per heavy atom. The van der Waals surface area contributed by atoms with Crippen LogP contribution in [0.5, 0.6) is 0 Å². The first-order chi connectivity index (χ1) is 11.3. The molecule has 1 fully saturated rings. The first-order valence-electron chi connectivity index (χ1n) is 8.21. The van der Waals surface area contributed by atoms with Crippen LogP contribution in [0.4, 0.5) is 0 Å². The number of ether oxygens (including phenoxy) is 2. The van der Waals surface area contributed by atoms with Gasteiger partial charge in [0.1, 0.15) is 0 Å². The first-order valence-corrected chi connectivity index (χ1v) is 8.21. The van der Waals surface area contributed by atoms with Crippen molar-refractivity contribution in [1.29, 1.82) is 0 Å². The number of rotatable bonds is 4. The molecule has 0 amide bonds. The second kappa shape index (κ2) is 7.42. The lowest BCUT2D eigenvalue weighted by molar-refractivity contribution is 0.00526. The highest BCUT2D eigenvalue weighted by Crippen LogP contribution is 2.37. The summed E-state index contributed by atoms with van der Waals surface area (Å²) in [5, 5.41) is 0. The highest BCUT2D eigenvalue weighted by atomic mass is 16.5. The van der Waals surface area contributed by atoms with Gasteiger partial charge in [-0.25, -0.2) is 4.79 Å². The highest BCUT2D eigenvalue weighted by Gasteiger charge is 2.25. The number of hydrogen-bond donors (Lipinski definition) is 0. The Bertz CT molecular complexity index is 651. The van der Waals surface area contributed by atoms with Gasteiger partial charge in [0.25, 0.3) is 0 Å². The highest BCUT2D eigenvalue weighted by molar-refractivity contribution is 5.89. The molecule has 23 heavy (non-hydrogen) atoms. The molecule has 1 aliphatic rings. The van der Waals surface area contributed by atoms with Crippen LogP contribution in [0.3, 0.4) is 0 Å². The summed E-state index contributed by atoms with van der Waals surface area (Å²) in [6.45, 7) is 2.97. The predicted octanol–water partition coefficient (Wildman–Crippen LogP) is 4.50. The van der Waals surface area contributed by atoms with Crippen molar-refractivity contribution in [2.45, 2.75) is 31.8 Å². The van der Waals surface area contributed by atoms with Crippen molar-refractivity contribution < 1.29 is 14.3 Å². The number of benzene rings is 2. The van der Waals surface area contributed by atoms with E-state index in [1.807, 2.05) is 43.3 Å². The Morgan fingerprint density at radius 2 is 1.91 bits per heavy atom. The molecule has 0 spiro atoms. The topological polar surface area (TPSA) is 35.5 Å². The van der Waals surface area contributed by atoms with E-state index < -0.39 is 0 Å². The molecule has 1 saturated heterocycles. The van der Waals surface area contributed by atoms with E-state index in [0.717, 1.165) is 19.4 Å². The molecule has 0 N–H and O–H groups in total. The molecule has 3 heteroatoms. The maximum absolute atomic E-state index is 11.9. The van der Waals surface area contributed by atoms with Crippen LogP contribution in [-0.4, -0.2) is 19.2 Å². The minimum Gasteiger partial charge on any atom is -0.462 e. The summed E-state index contributed by atoms with van der Waals surface area (Å²) in [7, 11) is 0. The lowest BCUT2D eigenvalue weighted by Gasteiger charge is -2.30. The Balaban J connectivity index is 1.76. The maximum Gasteiger partial charge on any atom is 0.338 e. The van der Waals surface area contributed by atoms with Gasteiger partial charge in [-0.15, -0.1) is 0 Å². The van der Waals surface area contributed by atoms with Crippen LogP contribution >= 0.6 is 0 Å². The van der Waals surface area contributed by atoms with Crippen LogP contribution in [0.1, 0.15) is 53.3 Å². The quantitative estimate of drug-likeness (QED) is 0.780. The first kappa shape index (κ1) is 15.8. The molecule has 2 unspecified atom stereocenters. The zero-order valence-electron chi connectivity index (χ0n) is 13.4. The van der Waals surface area contributed by atoms with E-state index in [4.69, 9.17) is 9.47 Å². The monoisotopic (exact) mass is 310 g/mol. The number of carbonyl (C=O) groups excluding carboxylic acids is 1. The third kappa shape index (κ3) is 3.80. The summed E-state index contributed by atoms with van der Waals surface area (Å²) >= 11 is 0. The third-order valence-corrected chi connectivity index (χ3v) is 4.32. The van der Waals surface area contributed by atoms with Gasteiger partial charge in [0, 0.05) is 6.61 Å². The normalized spacial score (nSPS) is 20.9. The predicted molar refractivity (Wildman–Crippen MR) is 89.5 cm³/mol. The molecule has 0 radical (unpaired) electrons. The maximum atomic E-state index is 11.9. The van der Waals surface area contributed by atoms with E-state index in [1.54, 1.807) is 0 Å². The molecule has 2 aromatic carbocycles. The SMILES string of the molecule is CCOC(=O)c1cccc(C2CCOC(c3ccccc3)C2)c1. The molecular formula is C20H22O3. The Kier molecular flexibility index (Phi) is 5.09. The summed E-state index contributed by atoms with van der Waals surface area (Å²) in [6, 6.07) is 18.2. The molecule has 0 aliphatic carbocycles. The van der Waals surface area contributed by atoms with E-state index in [9.17, 15) is 4.79 Å². The van der Waals surface area contributed by atoms with Crippen molar-refractivity contribution in [3.63, 3.8) is 0 Å². The summed E-state index contributed by atoms with van der Waals surface area (Å²) < 4.78 is 11.0. The Hall–Kier alpha value is -2.13. The van der Waals surface area contributed by atoms with Gasteiger partial charge in [0.15, 0.2) is 0 Å². The van der Waals surface area contributed by atoms with Crippen molar-refractivity contribution in [2.24, 2.45) is 0 Å². The van der Waals surface area contributed by atoms with Gasteiger partial charge in [-0.1, -0.05) is 42.5 Å². The van der Waals surface area contributed by atoms with E-state index in [0.29, 0.717) is 18.1 Å². The average molecular weight is 310 g/mol. The smallest absolute Gasteiger partial charge is 0.338 e. The standard InChI is InChI=1S/C20H22O3/c1-2-22-20(21)18-10-6-9-16(13-18)17-11-12-23-19(14-17)15-7-4-3-5-8-15/h3-10,13,17,19H,2,11-12,14H2,1H3. The fourth-order valence-corrected chi connectivity index (χ4v) is 3.13. The van der Waals surface area contributed by atoms with Crippen LogP contribution in [0.2, 0.25) is 0 Å². The molecule has 3 rings (SSSR count). The molecule has 3 nitrogen and oxygen atoms in total. The van der Waals surface area contributed by atoms with Crippen LogP contribution in [-0.2, 0) is 9.47 Å². The van der Waals surface area contributed by atoms with Crippen LogP contribution in [0.25, 0.3) is 0 Å². The number of carbonyl (C=O) groups is 1. The molecule has 0 bridgehead atoms. The summed E-state index contributed by atoms with van der Waals surface area (Å²) in [6.07, 6.45) is 2.05. The molecule has 2 atom stereocenters. The molecule has 2 aromatic rings. The van der Waals surface area contributed by atoms with Crippen LogP contribution in [0.15, 0.2) is 54.6 Å². The van der Waals surface area contributed by atoms with Gasteiger partial charge >= 0.3 is 5.97 Å². The largest absolute Gasteiger partial charge is 0.462 e. The number of hydrogen-bond acceptors (Lipinski definition) is 3. The van der Waals surface area contributed by atoms with Crippen molar-refractivity contribution in [1.82, 2.24) is 0 Å². The fraction of sp³-hybridized carbons (Fsp3) is 0.350. The van der Waals surface area contributed by atoms with Gasteiger partial charge < -0.3 is 9.47 Å². The van der Waals surface area contributed by atoms with Crippen LogP contribution < -0.4 is 0 Å². The fourth-order valence-electron chi connectivity index (χ4n) is 3.13. The summed E-state index contributed by atoms with van der Waals surface area (Å²) in [5.74, 6) is 0.157. The molecular weight excluding hydrogens is 288 g/mol. The molecule has 1 aliphatic heterocycles. The zero-order chi connectivity index (χ0) is 16.1. The van der Waals surface area contributed by atoms with E-state index in [1.165, 1.54) is 11.1 Å². The van der Waals surface area contributed by atoms with Gasteiger partial charge in [-0.2, -0.15) is 0 Å². The summed E-state index contributed by atoms with van der Waals surface area (Å²) in [4.78, 5) is 11.9. The van der Waals surface area contributed by atoms with Crippen molar-refractivity contribution in [2.75, 3.05) is 13.2 Å². The molecule has 0 saturated carbocycles. The Morgan fingerprint density at radius 1 is 1.13 bits per heavy atom. The van der Waals surface area contributed by atoms with E-state index >= 15 is 0 Å². The lowest BCUT2D eigenvalue weighted by Crippen LogP contribution is -2.19.